The third-order valence-corrected chi connectivity index (χ3v) is 1.91. The summed E-state index contributed by atoms with van der Waals surface area (Å²) in [4.78, 5) is 0. The SMILES string of the molecule is Cc1[c-]c(C)c(O)c(Br)c1.[Y]. The molecule has 1 radical (unpaired) electrons. The van der Waals surface area contributed by atoms with Gasteiger partial charge in [-0.15, -0.1) is 5.56 Å². The Balaban J connectivity index is 0.000001000. The molecule has 0 saturated heterocycles. The Labute approximate surface area is 100 Å². The molecule has 1 aromatic rings. The Kier molecular flexibility index (Phi) is 4.84. The van der Waals surface area contributed by atoms with Crippen LogP contribution in [0.3, 0.4) is 0 Å². The van der Waals surface area contributed by atoms with Crippen LogP contribution in [0.5, 0.6) is 5.75 Å². The first-order chi connectivity index (χ1) is 4.61. The van der Waals surface area contributed by atoms with Crippen molar-refractivity contribution in [3.05, 3.63) is 27.7 Å². The molecular formula is C8H8BrOY-. The third-order valence-electron chi connectivity index (χ3n) is 1.31. The Hall–Kier alpha value is 0.604. The van der Waals surface area contributed by atoms with Crippen molar-refractivity contribution >= 4 is 15.9 Å². The number of halogens is 1. The number of phenolic OH excluding ortho intramolecular Hbond substituents is 1. The van der Waals surface area contributed by atoms with Crippen LogP contribution in [0, 0.1) is 19.9 Å². The summed E-state index contributed by atoms with van der Waals surface area (Å²) < 4.78 is 0.737. The molecule has 0 amide bonds. The van der Waals surface area contributed by atoms with Gasteiger partial charge in [-0.3, -0.25) is 0 Å². The average molecular weight is 289 g/mol. The molecule has 1 aromatic carbocycles. The van der Waals surface area contributed by atoms with E-state index >= 15 is 0 Å². The van der Waals surface area contributed by atoms with E-state index in [1.165, 1.54) is 0 Å². The van der Waals surface area contributed by atoms with Crippen molar-refractivity contribution in [1.82, 2.24) is 0 Å². The molecule has 0 heterocycles. The fourth-order valence-corrected chi connectivity index (χ4v) is 1.47. The second-order valence-corrected chi connectivity index (χ2v) is 3.13. The maximum absolute atomic E-state index is 9.25. The first-order valence-electron chi connectivity index (χ1n) is 2.99. The van der Waals surface area contributed by atoms with Crippen LogP contribution in [0.2, 0.25) is 0 Å². The Morgan fingerprint density at radius 2 is 2.00 bits per heavy atom. The van der Waals surface area contributed by atoms with E-state index in [0.29, 0.717) is 0 Å². The largest absolute Gasteiger partial charge is 0.564 e. The Morgan fingerprint density at radius 3 is 2.45 bits per heavy atom. The van der Waals surface area contributed by atoms with Crippen LogP contribution >= 0.6 is 15.9 Å². The summed E-state index contributed by atoms with van der Waals surface area (Å²) in [5.74, 6) is 0.283. The van der Waals surface area contributed by atoms with E-state index < -0.39 is 0 Å². The zero-order chi connectivity index (χ0) is 7.72. The summed E-state index contributed by atoms with van der Waals surface area (Å²) in [6.45, 7) is 3.77. The quantitative estimate of drug-likeness (QED) is 0.728. The fraction of sp³-hybridized carbons (Fsp3) is 0.250. The predicted molar refractivity (Wildman–Crippen MR) is 44.1 cm³/mol. The minimum atomic E-state index is 0. The van der Waals surface area contributed by atoms with Crippen LogP contribution in [0.1, 0.15) is 11.1 Å². The van der Waals surface area contributed by atoms with Crippen LogP contribution in [0.25, 0.3) is 0 Å². The van der Waals surface area contributed by atoms with Gasteiger partial charge in [0, 0.05) is 38.5 Å². The molecule has 0 aliphatic heterocycles. The predicted octanol–water partition coefficient (Wildman–Crippen LogP) is 2.57. The number of aromatic hydroxyl groups is 1. The number of aryl methyl sites for hydroxylation is 2. The number of phenols is 1. The van der Waals surface area contributed by atoms with Crippen LogP contribution in [0.15, 0.2) is 10.5 Å². The molecule has 0 unspecified atom stereocenters. The molecule has 1 N–H and O–H groups in total. The zero-order valence-electron chi connectivity index (χ0n) is 6.48. The minimum Gasteiger partial charge on any atom is -0.564 e. The van der Waals surface area contributed by atoms with Crippen molar-refractivity contribution in [2.24, 2.45) is 0 Å². The summed E-state index contributed by atoms with van der Waals surface area (Å²) in [6.07, 6.45) is 0. The van der Waals surface area contributed by atoms with Gasteiger partial charge in [0.1, 0.15) is 0 Å². The van der Waals surface area contributed by atoms with E-state index in [2.05, 4.69) is 22.0 Å². The summed E-state index contributed by atoms with van der Waals surface area (Å²) >= 11 is 3.23. The smallest absolute Gasteiger partial charge is 0.0200 e. The van der Waals surface area contributed by atoms with Crippen LogP contribution in [0.4, 0.5) is 0 Å². The van der Waals surface area contributed by atoms with Crippen molar-refractivity contribution in [1.29, 1.82) is 0 Å². The van der Waals surface area contributed by atoms with Crippen molar-refractivity contribution in [2.45, 2.75) is 13.8 Å². The minimum absolute atomic E-state index is 0. The Morgan fingerprint density at radius 1 is 1.45 bits per heavy atom. The monoisotopic (exact) mass is 288 g/mol. The van der Waals surface area contributed by atoms with Gasteiger partial charge in [-0.2, -0.15) is 17.7 Å². The molecule has 0 saturated carbocycles. The molecule has 1 nitrogen and oxygen atoms in total. The molecule has 1 rings (SSSR count). The third kappa shape index (κ3) is 2.85. The van der Waals surface area contributed by atoms with Gasteiger partial charge >= 0.3 is 0 Å². The summed E-state index contributed by atoms with van der Waals surface area (Å²) in [7, 11) is 0. The maximum Gasteiger partial charge on any atom is 0.0200 e. The molecule has 0 atom stereocenters. The molecular weight excluding hydrogens is 281 g/mol. The van der Waals surface area contributed by atoms with Gasteiger partial charge in [-0.1, -0.05) is 34.3 Å². The van der Waals surface area contributed by atoms with Crippen molar-refractivity contribution in [2.75, 3.05) is 0 Å². The molecule has 57 valence electrons. The number of hydrogen-bond acceptors (Lipinski definition) is 1. The number of benzene rings is 1. The maximum atomic E-state index is 9.25. The molecule has 3 heteroatoms. The van der Waals surface area contributed by atoms with Crippen LogP contribution < -0.4 is 0 Å². The summed E-state index contributed by atoms with van der Waals surface area (Å²) in [5.41, 5.74) is 1.81. The summed E-state index contributed by atoms with van der Waals surface area (Å²) in [5, 5.41) is 9.25. The van der Waals surface area contributed by atoms with E-state index in [1.807, 2.05) is 19.9 Å². The van der Waals surface area contributed by atoms with E-state index in [4.69, 9.17) is 0 Å². The molecule has 0 aliphatic carbocycles. The van der Waals surface area contributed by atoms with Crippen molar-refractivity contribution in [3.8, 4) is 5.75 Å². The summed E-state index contributed by atoms with van der Waals surface area (Å²) in [6, 6.07) is 4.83. The zero-order valence-corrected chi connectivity index (χ0v) is 10.9. The first kappa shape index (κ1) is 11.6. The van der Waals surface area contributed by atoms with Gasteiger partial charge in [0.2, 0.25) is 0 Å². The van der Waals surface area contributed by atoms with Crippen LogP contribution in [-0.2, 0) is 32.7 Å². The van der Waals surface area contributed by atoms with E-state index in [9.17, 15) is 5.11 Å². The van der Waals surface area contributed by atoms with Gasteiger partial charge in [0.05, 0.1) is 0 Å². The van der Waals surface area contributed by atoms with E-state index in [0.717, 1.165) is 15.6 Å². The first-order valence-corrected chi connectivity index (χ1v) is 3.78. The van der Waals surface area contributed by atoms with Gasteiger partial charge < -0.3 is 5.11 Å². The standard InChI is InChI=1S/C8H8BrO.Y/c1-5-3-6(2)8(10)7(9)4-5;/h4,10H,1-2H3;/q-1;. The molecule has 0 fully saturated rings. The topological polar surface area (TPSA) is 20.2 Å². The van der Waals surface area contributed by atoms with E-state index in [1.54, 1.807) is 0 Å². The normalized spacial score (nSPS) is 9.00. The second-order valence-electron chi connectivity index (χ2n) is 2.27. The molecule has 11 heavy (non-hydrogen) atoms. The van der Waals surface area contributed by atoms with Crippen molar-refractivity contribution in [3.63, 3.8) is 0 Å². The van der Waals surface area contributed by atoms with Gasteiger partial charge in [-0.25, -0.2) is 0 Å². The van der Waals surface area contributed by atoms with Gasteiger partial charge in [0.15, 0.2) is 0 Å². The fourth-order valence-electron chi connectivity index (χ4n) is 0.829. The van der Waals surface area contributed by atoms with E-state index in [-0.39, 0.29) is 38.5 Å². The number of rotatable bonds is 0. The van der Waals surface area contributed by atoms with Crippen molar-refractivity contribution < 1.29 is 37.8 Å². The Bertz CT molecular complexity index is 237. The molecule has 0 aliphatic rings. The molecule has 0 spiro atoms. The van der Waals surface area contributed by atoms with Gasteiger partial charge in [0.25, 0.3) is 0 Å². The van der Waals surface area contributed by atoms with Gasteiger partial charge in [-0.05, 0) is 0 Å². The second kappa shape index (κ2) is 4.59. The average Bonchev–Trinajstić information content (AvgIpc) is 1.82. The van der Waals surface area contributed by atoms with Crippen LogP contribution in [-0.4, -0.2) is 5.11 Å². The molecule has 0 bridgehead atoms. The number of hydrogen-bond donors (Lipinski definition) is 1. The molecule has 0 aromatic heterocycles.